The Morgan fingerprint density at radius 1 is 1.45 bits per heavy atom. The zero-order valence-corrected chi connectivity index (χ0v) is 7.75. The average Bonchev–Trinajstić information content (AvgIpc) is 2.02. The maximum atomic E-state index is 9.18. The van der Waals surface area contributed by atoms with E-state index in [4.69, 9.17) is 5.73 Å². The van der Waals surface area contributed by atoms with Crippen molar-refractivity contribution in [1.29, 1.82) is 0 Å². The second-order valence-electron chi connectivity index (χ2n) is 2.78. The Balaban J connectivity index is 0.000000461. The van der Waals surface area contributed by atoms with E-state index in [2.05, 4.69) is 4.90 Å². The molecule has 0 aromatic carbocycles. The van der Waals surface area contributed by atoms with Gasteiger partial charge in [-0.05, 0) is 20.0 Å². The van der Waals surface area contributed by atoms with Crippen LogP contribution in [0.3, 0.4) is 0 Å². The highest BCUT2D eigenvalue weighted by atomic mass is 16.3. The summed E-state index contributed by atoms with van der Waals surface area (Å²) in [4.78, 5) is 2.09. The van der Waals surface area contributed by atoms with Crippen LogP contribution in [0, 0.1) is 0 Å². The van der Waals surface area contributed by atoms with Crippen LogP contribution in [0.25, 0.3) is 0 Å². The number of likely N-dealkylation sites (N-methyl/N-ethyl adjacent to an activating group) is 1. The number of aliphatic hydroxyl groups is 1. The largest absolute Gasteiger partial charge is 0.390 e. The third-order valence-corrected chi connectivity index (χ3v) is 1.84. The molecule has 1 aliphatic rings. The number of nitrogens with two attached hydrogens (primary N) is 1. The Morgan fingerprint density at radius 2 is 2.00 bits per heavy atom. The van der Waals surface area contributed by atoms with E-state index in [1.165, 1.54) is 0 Å². The van der Waals surface area contributed by atoms with Crippen LogP contribution in [-0.4, -0.2) is 42.3 Å². The summed E-state index contributed by atoms with van der Waals surface area (Å²) in [5.74, 6) is 0. The van der Waals surface area contributed by atoms with Crippen LogP contribution < -0.4 is 5.73 Å². The number of rotatable bonds is 0. The van der Waals surface area contributed by atoms with Gasteiger partial charge in [-0.1, -0.05) is 13.8 Å². The van der Waals surface area contributed by atoms with Crippen molar-refractivity contribution in [3.8, 4) is 0 Å². The highest BCUT2D eigenvalue weighted by molar-refractivity contribution is 4.80. The van der Waals surface area contributed by atoms with Crippen LogP contribution in [0.5, 0.6) is 0 Å². The molecule has 3 heteroatoms. The smallest absolute Gasteiger partial charge is 0.0818 e. The molecule has 1 rings (SSSR count). The fraction of sp³-hybridized carbons (Fsp3) is 1.00. The van der Waals surface area contributed by atoms with Crippen molar-refractivity contribution in [2.24, 2.45) is 5.73 Å². The summed E-state index contributed by atoms with van der Waals surface area (Å²) in [6.45, 7) is 5.74. The number of piperidine rings is 1. The van der Waals surface area contributed by atoms with Gasteiger partial charge in [-0.2, -0.15) is 0 Å². The van der Waals surface area contributed by atoms with Crippen LogP contribution in [0.4, 0.5) is 0 Å². The summed E-state index contributed by atoms with van der Waals surface area (Å²) >= 11 is 0. The molecule has 3 nitrogen and oxygen atoms in total. The first-order chi connectivity index (χ1) is 5.20. The van der Waals surface area contributed by atoms with Crippen LogP contribution in [0.15, 0.2) is 0 Å². The molecule has 0 aromatic rings. The molecule has 2 unspecified atom stereocenters. The van der Waals surface area contributed by atoms with Gasteiger partial charge < -0.3 is 15.7 Å². The molecule has 0 spiro atoms. The number of nitrogens with zero attached hydrogens (tertiary/aromatic N) is 1. The second kappa shape index (κ2) is 5.52. The molecule has 3 N–H and O–H groups in total. The summed E-state index contributed by atoms with van der Waals surface area (Å²) < 4.78 is 0. The lowest BCUT2D eigenvalue weighted by Crippen LogP contribution is -2.49. The monoisotopic (exact) mass is 160 g/mol. The first-order valence-corrected chi connectivity index (χ1v) is 4.32. The van der Waals surface area contributed by atoms with Gasteiger partial charge in [0.2, 0.25) is 0 Å². The number of hydrogen-bond acceptors (Lipinski definition) is 3. The Labute approximate surface area is 69.2 Å². The minimum absolute atomic E-state index is 0.00111. The number of hydrogen-bond donors (Lipinski definition) is 2. The molecule has 0 radical (unpaired) electrons. The zero-order valence-electron chi connectivity index (χ0n) is 7.75. The fourth-order valence-corrected chi connectivity index (χ4v) is 1.11. The Hall–Kier alpha value is -0.120. The van der Waals surface area contributed by atoms with E-state index in [0.29, 0.717) is 0 Å². The summed E-state index contributed by atoms with van der Waals surface area (Å²) in [7, 11) is 2.00. The predicted molar refractivity (Wildman–Crippen MR) is 47.4 cm³/mol. The van der Waals surface area contributed by atoms with Gasteiger partial charge in [0.1, 0.15) is 0 Å². The average molecular weight is 160 g/mol. The molecule has 0 aliphatic carbocycles. The Bertz CT molecular complexity index is 98.1. The van der Waals surface area contributed by atoms with E-state index in [-0.39, 0.29) is 12.1 Å². The lowest BCUT2D eigenvalue weighted by atomic mass is 10.0. The molecule has 0 bridgehead atoms. The minimum Gasteiger partial charge on any atom is -0.390 e. The second-order valence-corrected chi connectivity index (χ2v) is 2.78. The van der Waals surface area contributed by atoms with E-state index in [0.717, 1.165) is 19.5 Å². The minimum atomic E-state index is -0.316. The van der Waals surface area contributed by atoms with Gasteiger partial charge in [-0.15, -0.1) is 0 Å². The SMILES string of the molecule is CC.CN1CCC(N)C(O)C1. The van der Waals surface area contributed by atoms with Crippen LogP contribution in [0.1, 0.15) is 20.3 Å². The van der Waals surface area contributed by atoms with Crippen molar-refractivity contribution < 1.29 is 5.11 Å². The Kier molecular flexibility index (Phi) is 5.46. The maximum Gasteiger partial charge on any atom is 0.0818 e. The molecule has 68 valence electrons. The number of aliphatic hydroxyl groups excluding tert-OH is 1. The van der Waals surface area contributed by atoms with Crippen molar-refractivity contribution in [3.05, 3.63) is 0 Å². The first kappa shape index (κ1) is 10.9. The molecule has 2 atom stereocenters. The van der Waals surface area contributed by atoms with E-state index >= 15 is 0 Å². The molecule has 1 saturated heterocycles. The highest BCUT2D eigenvalue weighted by Crippen LogP contribution is 2.05. The first-order valence-electron chi connectivity index (χ1n) is 4.32. The van der Waals surface area contributed by atoms with Gasteiger partial charge in [0.05, 0.1) is 6.10 Å². The lowest BCUT2D eigenvalue weighted by molar-refractivity contribution is 0.0661. The van der Waals surface area contributed by atoms with E-state index in [1.807, 2.05) is 20.9 Å². The van der Waals surface area contributed by atoms with Gasteiger partial charge in [0.25, 0.3) is 0 Å². The van der Waals surface area contributed by atoms with Gasteiger partial charge in [-0.3, -0.25) is 0 Å². The topological polar surface area (TPSA) is 49.5 Å². The number of β-amino-alcohol motifs (C(OH)–C–C–N with tert-alkyl or cyclic N) is 1. The van der Waals surface area contributed by atoms with E-state index in [1.54, 1.807) is 0 Å². The standard InChI is InChI=1S/C6H14N2O.C2H6/c1-8-3-2-5(7)6(9)4-8;1-2/h5-6,9H,2-4,7H2,1H3;1-2H3. The van der Waals surface area contributed by atoms with Crippen LogP contribution in [-0.2, 0) is 0 Å². The molecule has 0 amide bonds. The fourth-order valence-electron chi connectivity index (χ4n) is 1.11. The van der Waals surface area contributed by atoms with Gasteiger partial charge in [0, 0.05) is 12.6 Å². The van der Waals surface area contributed by atoms with Gasteiger partial charge >= 0.3 is 0 Å². The summed E-state index contributed by atoms with van der Waals surface area (Å²) in [6.07, 6.45) is 0.598. The molecule has 1 heterocycles. The molecular weight excluding hydrogens is 140 g/mol. The highest BCUT2D eigenvalue weighted by Gasteiger charge is 2.21. The van der Waals surface area contributed by atoms with Crippen molar-refractivity contribution in [2.45, 2.75) is 32.4 Å². The lowest BCUT2D eigenvalue weighted by Gasteiger charge is -2.31. The quantitative estimate of drug-likeness (QED) is 0.526. The van der Waals surface area contributed by atoms with Crippen molar-refractivity contribution in [1.82, 2.24) is 4.90 Å². The van der Waals surface area contributed by atoms with Gasteiger partial charge in [0.15, 0.2) is 0 Å². The summed E-state index contributed by atoms with van der Waals surface area (Å²) in [5, 5.41) is 9.18. The molecule has 0 aromatic heterocycles. The maximum absolute atomic E-state index is 9.18. The number of likely N-dealkylation sites (tertiary alicyclic amines) is 1. The van der Waals surface area contributed by atoms with Crippen LogP contribution in [0.2, 0.25) is 0 Å². The van der Waals surface area contributed by atoms with Crippen molar-refractivity contribution in [3.63, 3.8) is 0 Å². The van der Waals surface area contributed by atoms with Crippen LogP contribution >= 0.6 is 0 Å². The summed E-state index contributed by atoms with van der Waals surface area (Å²) in [6, 6.07) is 0.00111. The van der Waals surface area contributed by atoms with E-state index < -0.39 is 0 Å². The third-order valence-electron chi connectivity index (χ3n) is 1.84. The zero-order chi connectivity index (χ0) is 8.85. The molecule has 0 saturated carbocycles. The third kappa shape index (κ3) is 3.70. The molecule has 1 aliphatic heterocycles. The Morgan fingerprint density at radius 3 is 2.36 bits per heavy atom. The molecule has 11 heavy (non-hydrogen) atoms. The van der Waals surface area contributed by atoms with Crippen molar-refractivity contribution in [2.75, 3.05) is 20.1 Å². The molecule has 1 fully saturated rings. The van der Waals surface area contributed by atoms with Crippen molar-refractivity contribution >= 4 is 0 Å². The van der Waals surface area contributed by atoms with E-state index in [9.17, 15) is 5.11 Å². The van der Waals surface area contributed by atoms with Gasteiger partial charge in [-0.25, -0.2) is 0 Å². The predicted octanol–water partition coefficient (Wildman–Crippen LogP) is 0.0363. The molecular formula is C8H20N2O. The normalized spacial score (nSPS) is 32.5. The summed E-state index contributed by atoms with van der Waals surface area (Å²) in [5.41, 5.74) is 5.56.